The van der Waals surface area contributed by atoms with Crippen LogP contribution in [0.15, 0.2) is 24.3 Å². The average Bonchev–Trinajstić information content (AvgIpc) is 2.33. The summed E-state index contributed by atoms with van der Waals surface area (Å²) in [7, 11) is 0. The average molecular weight is 237 g/mol. The number of primary amides is 1. The minimum Gasteiger partial charge on any atom is -0.351 e. The standard InChI is InChI=1S/C12H16FN3O/c13-9-1-3-10(4-2-9)16(12(14)17)11-5-7-15-8-6-11/h1-4,11,15H,5-8H2,(H2,14,17). The van der Waals surface area contributed by atoms with Gasteiger partial charge in [-0.15, -0.1) is 0 Å². The van der Waals surface area contributed by atoms with Gasteiger partial charge in [0.2, 0.25) is 0 Å². The van der Waals surface area contributed by atoms with E-state index in [1.54, 1.807) is 17.0 Å². The van der Waals surface area contributed by atoms with Crippen LogP contribution >= 0.6 is 0 Å². The molecule has 4 nitrogen and oxygen atoms in total. The highest BCUT2D eigenvalue weighted by molar-refractivity contribution is 5.91. The Morgan fingerprint density at radius 1 is 1.29 bits per heavy atom. The van der Waals surface area contributed by atoms with Crippen LogP contribution < -0.4 is 16.0 Å². The first kappa shape index (κ1) is 11.9. The number of nitrogens with two attached hydrogens (primary N) is 1. The van der Waals surface area contributed by atoms with Crippen molar-refractivity contribution in [1.29, 1.82) is 0 Å². The first-order valence-corrected chi connectivity index (χ1v) is 5.73. The molecule has 0 aliphatic carbocycles. The minimum absolute atomic E-state index is 0.0965. The molecule has 1 saturated heterocycles. The van der Waals surface area contributed by atoms with E-state index in [-0.39, 0.29) is 11.9 Å². The third-order valence-electron chi connectivity index (χ3n) is 3.02. The molecule has 0 saturated carbocycles. The molecule has 0 spiro atoms. The Kier molecular flexibility index (Phi) is 3.58. The molecule has 1 aromatic carbocycles. The van der Waals surface area contributed by atoms with Crippen molar-refractivity contribution >= 4 is 11.7 Å². The van der Waals surface area contributed by atoms with Gasteiger partial charge in [-0.05, 0) is 50.2 Å². The lowest BCUT2D eigenvalue weighted by Crippen LogP contribution is -2.48. The van der Waals surface area contributed by atoms with Crippen molar-refractivity contribution in [3.63, 3.8) is 0 Å². The highest BCUT2D eigenvalue weighted by atomic mass is 19.1. The van der Waals surface area contributed by atoms with Crippen LogP contribution in [0.4, 0.5) is 14.9 Å². The molecular weight excluding hydrogens is 221 g/mol. The van der Waals surface area contributed by atoms with Gasteiger partial charge in [-0.3, -0.25) is 4.90 Å². The number of hydrogen-bond donors (Lipinski definition) is 2. The number of carbonyl (C=O) groups excluding carboxylic acids is 1. The van der Waals surface area contributed by atoms with Gasteiger partial charge in [-0.1, -0.05) is 0 Å². The summed E-state index contributed by atoms with van der Waals surface area (Å²) in [4.78, 5) is 13.1. The highest BCUT2D eigenvalue weighted by Gasteiger charge is 2.24. The van der Waals surface area contributed by atoms with Crippen LogP contribution in [0.25, 0.3) is 0 Å². The molecule has 0 bridgehead atoms. The Morgan fingerprint density at radius 2 is 1.88 bits per heavy atom. The number of nitrogens with one attached hydrogen (secondary N) is 1. The van der Waals surface area contributed by atoms with E-state index in [4.69, 9.17) is 5.73 Å². The summed E-state index contributed by atoms with van der Waals surface area (Å²) in [6.45, 7) is 1.74. The smallest absolute Gasteiger partial charge is 0.319 e. The van der Waals surface area contributed by atoms with Gasteiger partial charge < -0.3 is 11.1 Å². The van der Waals surface area contributed by atoms with E-state index in [9.17, 15) is 9.18 Å². The van der Waals surface area contributed by atoms with Crippen LogP contribution in [0.5, 0.6) is 0 Å². The molecule has 1 aliphatic heterocycles. The first-order chi connectivity index (χ1) is 8.18. The molecule has 0 unspecified atom stereocenters. The lowest BCUT2D eigenvalue weighted by Gasteiger charge is -2.33. The van der Waals surface area contributed by atoms with Crippen molar-refractivity contribution < 1.29 is 9.18 Å². The molecule has 1 aliphatic rings. The summed E-state index contributed by atoms with van der Waals surface area (Å²) in [6, 6.07) is 5.46. The van der Waals surface area contributed by atoms with Gasteiger partial charge in [0.25, 0.3) is 0 Å². The van der Waals surface area contributed by atoms with E-state index in [1.807, 2.05) is 0 Å². The van der Waals surface area contributed by atoms with Crippen LogP contribution in [-0.4, -0.2) is 25.2 Å². The predicted molar refractivity (Wildman–Crippen MR) is 64.4 cm³/mol. The maximum Gasteiger partial charge on any atom is 0.319 e. The van der Waals surface area contributed by atoms with Crippen LogP contribution in [0.3, 0.4) is 0 Å². The number of amides is 2. The number of rotatable bonds is 2. The molecule has 0 atom stereocenters. The minimum atomic E-state index is -0.483. The van der Waals surface area contributed by atoms with Gasteiger partial charge >= 0.3 is 6.03 Å². The quantitative estimate of drug-likeness (QED) is 0.818. The second-order valence-corrected chi connectivity index (χ2v) is 4.17. The monoisotopic (exact) mass is 237 g/mol. The second kappa shape index (κ2) is 5.14. The number of carbonyl (C=O) groups is 1. The Morgan fingerprint density at radius 3 is 2.41 bits per heavy atom. The van der Waals surface area contributed by atoms with E-state index in [2.05, 4.69) is 5.32 Å². The van der Waals surface area contributed by atoms with Gasteiger partial charge in [-0.25, -0.2) is 9.18 Å². The fourth-order valence-electron chi connectivity index (χ4n) is 2.18. The molecule has 1 heterocycles. The molecule has 5 heteroatoms. The van der Waals surface area contributed by atoms with E-state index in [0.717, 1.165) is 25.9 Å². The molecule has 1 aromatic rings. The van der Waals surface area contributed by atoms with E-state index < -0.39 is 6.03 Å². The largest absolute Gasteiger partial charge is 0.351 e. The fourth-order valence-corrected chi connectivity index (χ4v) is 2.18. The van der Waals surface area contributed by atoms with Crippen LogP contribution in [-0.2, 0) is 0 Å². The zero-order valence-corrected chi connectivity index (χ0v) is 9.53. The summed E-state index contributed by atoms with van der Waals surface area (Å²) in [5.41, 5.74) is 6.07. The Balaban J connectivity index is 2.21. The van der Waals surface area contributed by atoms with E-state index in [0.29, 0.717) is 5.69 Å². The van der Waals surface area contributed by atoms with Crippen molar-refractivity contribution in [3.8, 4) is 0 Å². The predicted octanol–water partition coefficient (Wildman–Crippen LogP) is 1.46. The van der Waals surface area contributed by atoms with E-state index in [1.165, 1.54) is 12.1 Å². The molecule has 2 amide bonds. The Hall–Kier alpha value is -1.62. The van der Waals surface area contributed by atoms with Gasteiger partial charge in [0, 0.05) is 11.7 Å². The van der Waals surface area contributed by atoms with Crippen LogP contribution in [0, 0.1) is 5.82 Å². The van der Waals surface area contributed by atoms with Crippen molar-refractivity contribution in [3.05, 3.63) is 30.1 Å². The molecule has 2 rings (SSSR count). The van der Waals surface area contributed by atoms with Gasteiger partial charge in [0.05, 0.1) is 0 Å². The van der Waals surface area contributed by atoms with Crippen LogP contribution in [0.2, 0.25) is 0 Å². The molecule has 3 N–H and O–H groups in total. The van der Waals surface area contributed by atoms with Crippen molar-refractivity contribution in [2.75, 3.05) is 18.0 Å². The lowest BCUT2D eigenvalue weighted by molar-refractivity contribution is 0.249. The number of benzene rings is 1. The third-order valence-corrected chi connectivity index (χ3v) is 3.02. The number of nitrogens with zero attached hydrogens (tertiary/aromatic N) is 1. The maximum atomic E-state index is 12.8. The summed E-state index contributed by atoms with van der Waals surface area (Å²) in [5, 5.41) is 3.23. The summed E-state index contributed by atoms with van der Waals surface area (Å²) in [5.74, 6) is -0.316. The molecule has 0 aromatic heterocycles. The van der Waals surface area contributed by atoms with Crippen LogP contribution in [0.1, 0.15) is 12.8 Å². The summed E-state index contributed by atoms with van der Waals surface area (Å²) in [6.07, 6.45) is 1.72. The molecular formula is C12H16FN3O. The summed E-state index contributed by atoms with van der Waals surface area (Å²) < 4.78 is 12.8. The van der Waals surface area contributed by atoms with Crippen molar-refractivity contribution in [2.24, 2.45) is 5.73 Å². The zero-order valence-electron chi connectivity index (χ0n) is 9.53. The number of halogens is 1. The van der Waals surface area contributed by atoms with E-state index >= 15 is 0 Å². The van der Waals surface area contributed by atoms with Gasteiger partial charge in [0.15, 0.2) is 0 Å². The maximum absolute atomic E-state index is 12.8. The molecule has 17 heavy (non-hydrogen) atoms. The topological polar surface area (TPSA) is 58.4 Å². The number of hydrogen-bond acceptors (Lipinski definition) is 2. The Labute approximate surface area is 99.6 Å². The molecule has 92 valence electrons. The SMILES string of the molecule is NC(=O)N(c1ccc(F)cc1)C1CCNCC1. The lowest BCUT2D eigenvalue weighted by atomic mass is 10.0. The number of piperidine rings is 1. The van der Waals surface area contributed by atoms with Crippen molar-refractivity contribution in [1.82, 2.24) is 5.32 Å². The third kappa shape index (κ3) is 2.74. The second-order valence-electron chi connectivity index (χ2n) is 4.17. The van der Waals surface area contributed by atoms with Gasteiger partial charge in [-0.2, -0.15) is 0 Å². The highest BCUT2D eigenvalue weighted by Crippen LogP contribution is 2.21. The Bertz CT molecular complexity index is 387. The number of urea groups is 1. The zero-order chi connectivity index (χ0) is 12.3. The van der Waals surface area contributed by atoms with Gasteiger partial charge in [0.1, 0.15) is 5.82 Å². The molecule has 1 fully saturated rings. The normalized spacial score (nSPS) is 16.8. The fraction of sp³-hybridized carbons (Fsp3) is 0.417. The number of anilines is 1. The summed E-state index contributed by atoms with van der Waals surface area (Å²) >= 11 is 0. The first-order valence-electron chi connectivity index (χ1n) is 5.73. The van der Waals surface area contributed by atoms with Crippen molar-refractivity contribution in [2.45, 2.75) is 18.9 Å². The molecule has 0 radical (unpaired) electrons.